The second-order valence-corrected chi connectivity index (χ2v) is 7.44. The second-order valence-electron chi connectivity index (χ2n) is 5.37. The summed E-state index contributed by atoms with van der Waals surface area (Å²) in [6.07, 6.45) is -0.0880. The number of hydrogen-bond acceptors (Lipinski definition) is 5. The quantitative estimate of drug-likeness (QED) is 0.592. The zero-order chi connectivity index (χ0) is 20.0. The molecule has 0 aliphatic rings. The van der Waals surface area contributed by atoms with Crippen LogP contribution in [0, 0.1) is 0 Å². The van der Waals surface area contributed by atoms with Crippen LogP contribution in [0.4, 0.5) is 8.78 Å². The van der Waals surface area contributed by atoms with Crippen LogP contribution in [0.25, 0.3) is 0 Å². The Bertz CT molecular complexity index is 670. The first-order chi connectivity index (χ1) is 12.1. The van der Waals surface area contributed by atoms with Crippen molar-refractivity contribution in [1.29, 1.82) is 0 Å². The summed E-state index contributed by atoms with van der Waals surface area (Å²) in [4.78, 5) is 22.2. The number of carboxylic acid groups (broad SMARTS) is 1. The van der Waals surface area contributed by atoms with E-state index in [9.17, 15) is 22.9 Å². The van der Waals surface area contributed by atoms with E-state index < -0.39 is 36.7 Å². The van der Waals surface area contributed by atoms with Crippen molar-refractivity contribution in [2.45, 2.75) is 38.9 Å². The van der Waals surface area contributed by atoms with Crippen LogP contribution in [0.2, 0.25) is 0 Å². The van der Waals surface area contributed by atoms with E-state index in [0.29, 0.717) is 5.56 Å². The molecule has 2 N–H and O–H groups in total. The van der Waals surface area contributed by atoms with Gasteiger partial charge in [-0.2, -0.15) is 8.78 Å². The Morgan fingerprint density at radius 2 is 1.69 bits per heavy atom. The molecule has 0 saturated heterocycles. The molecule has 0 fully saturated rings. The van der Waals surface area contributed by atoms with Gasteiger partial charge in [0.05, 0.1) is 13.2 Å². The molecule has 0 bridgehead atoms. The third kappa shape index (κ3) is 5.33. The van der Waals surface area contributed by atoms with Gasteiger partial charge in [-0.25, -0.2) is 4.79 Å². The number of rotatable bonds is 10. The number of nitrogens with one attached hydrogen (secondary N) is 1. The number of carbonyl (C=O) groups excluding carboxylic acids is 1. The fourth-order valence-corrected chi connectivity index (χ4v) is 3.76. The van der Waals surface area contributed by atoms with Gasteiger partial charge in [0.1, 0.15) is 6.04 Å². The lowest BCUT2D eigenvalue weighted by Gasteiger charge is -2.26. The zero-order valence-electron chi connectivity index (χ0n) is 14.7. The summed E-state index contributed by atoms with van der Waals surface area (Å²) in [6, 6.07) is 3.45. The summed E-state index contributed by atoms with van der Waals surface area (Å²) in [7, 11) is -4.71. The van der Waals surface area contributed by atoms with Crippen LogP contribution in [0.1, 0.15) is 31.9 Å². The number of amides is 1. The Balaban J connectivity index is 3.05. The lowest BCUT2D eigenvalue weighted by atomic mass is 10.0. The van der Waals surface area contributed by atoms with Crippen molar-refractivity contribution < 1.29 is 37.1 Å². The van der Waals surface area contributed by atoms with Crippen molar-refractivity contribution in [1.82, 2.24) is 5.32 Å². The number of hydrogen-bond donors (Lipinski definition) is 2. The smallest absolute Gasteiger partial charge is 0.404 e. The largest absolute Gasteiger partial charge is 0.480 e. The molecule has 1 aromatic carbocycles. The van der Waals surface area contributed by atoms with Crippen LogP contribution in [0.15, 0.2) is 24.3 Å². The summed E-state index contributed by atoms with van der Waals surface area (Å²) in [5, 5.41) is 11.3. The molecule has 26 heavy (non-hydrogen) atoms. The predicted octanol–water partition coefficient (Wildman–Crippen LogP) is 3.13. The Kier molecular flexibility index (Phi) is 7.87. The first-order valence-corrected chi connectivity index (χ1v) is 9.48. The Hall–Kier alpha value is -1.83. The monoisotopic (exact) mass is 393 g/mol. The van der Waals surface area contributed by atoms with Gasteiger partial charge >= 0.3 is 19.2 Å². The standard InChI is InChI=1S/C16H22F2NO6P/c1-4-24-26(23,25-5-2)16(17,18)13-8-6-12(7-9-13)10-14(15(21)22)19-11(3)20/h6-9,14H,4-5,10H2,1-3H3,(H,19,20)(H,21,22). The maximum atomic E-state index is 14.6. The van der Waals surface area contributed by atoms with Crippen LogP contribution >= 0.6 is 7.60 Å². The van der Waals surface area contributed by atoms with E-state index in [4.69, 9.17) is 14.2 Å². The minimum Gasteiger partial charge on any atom is -0.480 e. The third-order valence-corrected chi connectivity index (χ3v) is 5.50. The normalized spacial score (nSPS) is 13.3. The summed E-state index contributed by atoms with van der Waals surface area (Å²) < 4.78 is 51.0. The molecule has 1 rings (SSSR count). The number of alkyl halides is 2. The van der Waals surface area contributed by atoms with Crippen LogP contribution < -0.4 is 5.32 Å². The van der Waals surface area contributed by atoms with Gasteiger partial charge < -0.3 is 19.5 Å². The summed E-state index contributed by atoms with van der Waals surface area (Å²) >= 11 is 0. The summed E-state index contributed by atoms with van der Waals surface area (Å²) in [5.74, 6) is -1.76. The molecule has 0 radical (unpaired) electrons. The Labute approximate surface area is 150 Å². The lowest BCUT2D eigenvalue weighted by Crippen LogP contribution is -2.41. The van der Waals surface area contributed by atoms with Gasteiger partial charge in [-0.1, -0.05) is 24.3 Å². The first-order valence-electron chi connectivity index (χ1n) is 7.93. The van der Waals surface area contributed by atoms with Gasteiger partial charge in [0, 0.05) is 18.9 Å². The van der Waals surface area contributed by atoms with Gasteiger partial charge in [-0.05, 0) is 19.4 Å². The SMILES string of the molecule is CCOP(=O)(OCC)C(F)(F)c1ccc(CC(NC(C)=O)C(=O)O)cc1. The molecule has 1 aromatic rings. The van der Waals surface area contributed by atoms with Gasteiger partial charge in [0.15, 0.2) is 0 Å². The lowest BCUT2D eigenvalue weighted by molar-refractivity contribution is -0.141. The van der Waals surface area contributed by atoms with E-state index in [-0.39, 0.29) is 19.6 Å². The van der Waals surface area contributed by atoms with E-state index in [1.165, 1.54) is 32.9 Å². The van der Waals surface area contributed by atoms with Crippen LogP contribution in [0.5, 0.6) is 0 Å². The minimum atomic E-state index is -4.71. The average Bonchev–Trinajstić information content (AvgIpc) is 2.54. The molecule has 1 atom stereocenters. The Morgan fingerprint density at radius 3 is 2.08 bits per heavy atom. The zero-order valence-corrected chi connectivity index (χ0v) is 15.6. The highest BCUT2D eigenvalue weighted by Crippen LogP contribution is 2.66. The highest BCUT2D eigenvalue weighted by atomic mass is 31.2. The third-order valence-electron chi connectivity index (χ3n) is 3.36. The maximum Gasteiger partial charge on any atom is 0.404 e. The fraction of sp³-hybridized carbons (Fsp3) is 0.500. The molecule has 0 saturated carbocycles. The molecule has 0 aliphatic carbocycles. The molecule has 146 valence electrons. The second kappa shape index (κ2) is 9.21. The van der Waals surface area contributed by atoms with E-state index in [1.807, 2.05) is 0 Å². The van der Waals surface area contributed by atoms with E-state index in [2.05, 4.69) is 5.32 Å². The first kappa shape index (κ1) is 22.2. The van der Waals surface area contributed by atoms with Gasteiger partial charge in [-0.15, -0.1) is 0 Å². The number of benzene rings is 1. The Morgan fingerprint density at radius 1 is 1.19 bits per heavy atom. The summed E-state index contributed by atoms with van der Waals surface area (Å²) in [6.45, 7) is 3.63. The molecule has 1 amide bonds. The highest BCUT2D eigenvalue weighted by molar-refractivity contribution is 7.54. The van der Waals surface area contributed by atoms with Crippen molar-refractivity contribution in [2.24, 2.45) is 0 Å². The van der Waals surface area contributed by atoms with Crippen molar-refractivity contribution in [3.63, 3.8) is 0 Å². The molecule has 1 unspecified atom stereocenters. The average molecular weight is 393 g/mol. The van der Waals surface area contributed by atoms with Gasteiger partial charge in [-0.3, -0.25) is 9.36 Å². The van der Waals surface area contributed by atoms with E-state index >= 15 is 0 Å². The predicted molar refractivity (Wildman–Crippen MR) is 90.1 cm³/mol. The molecule has 10 heteroatoms. The van der Waals surface area contributed by atoms with Crippen molar-refractivity contribution in [2.75, 3.05) is 13.2 Å². The van der Waals surface area contributed by atoms with E-state index in [1.54, 1.807) is 0 Å². The van der Waals surface area contributed by atoms with Crippen molar-refractivity contribution in [3.05, 3.63) is 35.4 Å². The molecule has 7 nitrogen and oxygen atoms in total. The van der Waals surface area contributed by atoms with Crippen molar-refractivity contribution in [3.8, 4) is 0 Å². The number of carbonyl (C=O) groups is 2. The minimum absolute atomic E-state index is 0.0880. The van der Waals surface area contributed by atoms with Gasteiger partial charge in [0.2, 0.25) is 5.91 Å². The highest BCUT2D eigenvalue weighted by Gasteiger charge is 2.54. The number of halogens is 2. The maximum absolute atomic E-state index is 14.6. The number of carboxylic acids is 1. The molecular formula is C16H22F2NO6P. The molecule has 0 heterocycles. The molecule has 0 aliphatic heterocycles. The molecular weight excluding hydrogens is 371 g/mol. The van der Waals surface area contributed by atoms with Crippen LogP contribution in [-0.2, 0) is 35.3 Å². The molecule has 0 aromatic heterocycles. The topological polar surface area (TPSA) is 102 Å². The number of aliphatic carboxylic acids is 1. The van der Waals surface area contributed by atoms with Crippen LogP contribution in [-0.4, -0.2) is 36.2 Å². The van der Waals surface area contributed by atoms with Gasteiger partial charge in [0.25, 0.3) is 0 Å². The summed E-state index contributed by atoms with van der Waals surface area (Å²) in [5.41, 5.74) is -4.02. The van der Waals surface area contributed by atoms with Crippen LogP contribution in [0.3, 0.4) is 0 Å². The molecule has 0 spiro atoms. The van der Waals surface area contributed by atoms with Crippen molar-refractivity contribution >= 4 is 19.5 Å². The fourth-order valence-electron chi connectivity index (χ4n) is 2.22. The van der Waals surface area contributed by atoms with E-state index in [0.717, 1.165) is 12.1 Å².